The normalized spacial score (nSPS) is 10.8. The monoisotopic (exact) mass is 646 g/mol. The zero-order valence-corrected chi connectivity index (χ0v) is 22.5. The first-order chi connectivity index (χ1) is 16.8. The number of esters is 1. The van der Waals surface area contributed by atoms with Crippen LogP contribution in [0.1, 0.15) is 22.8 Å². The first-order valence-electron chi connectivity index (χ1n) is 10.4. The molecule has 0 aromatic heterocycles. The Labute approximate surface area is 225 Å². The molecule has 0 aliphatic rings. The molecule has 0 atom stereocenters. The number of rotatable bonds is 8. The number of carbonyl (C=O) groups excluding carboxylic acids is 2. The Kier molecular flexibility index (Phi) is 9.28. The van der Waals surface area contributed by atoms with E-state index in [0.717, 1.165) is 3.57 Å². The Morgan fingerprint density at radius 1 is 1.14 bits per heavy atom. The number of carbonyl (C=O) groups is 2. The molecular weight excluding hydrogens is 627 g/mol. The van der Waals surface area contributed by atoms with Crippen LogP contribution in [0.25, 0.3) is 6.08 Å². The summed E-state index contributed by atoms with van der Waals surface area (Å²) in [7, 11) is 1.54. The van der Waals surface area contributed by atoms with Crippen molar-refractivity contribution >= 4 is 62.2 Å². The summed E-state index contributed by atoms with van der Waals surface area (Å²) in [5.41, 5.74) is 1.34. The molecular formula is C26H20BrIN2O5. The highest BCUT2D eigenvalue weighted by molar-refractivity contribution is 14.1. The Bertz CT molecular complexity index is 1320. The molecule has 1 amide bonds. The van der Waals surface area contributed by atoms with E-state index in [9.17, 15) is 14.9 Å². The van der Waals surface area contributed by atoms with Crippen LogP contribution in [0.2, 0.25) is 0 Å². The second kappa shape index (κ2) is 12.4. The fourth-order valence-electron chi connectivity index (χ4n) is 2.99. The van der Waals surface area contributed by atoms with E-state index >= 15 is 0 Å². The van der Waals surface area contributed by atoms with Gasteiger partial charge in [-0.05, 0) is 112 Å². The minimum Gasteiger partial charge on any atom is -0.497 e. The Morgan fingerprint density at radius 3 is 2.51 bits per heavy atom. The molecule has 0 aliphatic carbocycles. The molecule has 0 heterocycles. The number of hydrogen-bond donors (Lipinski definition) is 1. The second-order valence-corrected chi connectivity index (χ2v) is 9.12. The minimum absolute atomic E-state index is 0.0961. The van der Waals surface area contributed by atoms with Crippen molar-refractivity contribution in [3.8, 4) is 23.3 Å². The topological polar surface area (TPSA) is 97.6 Å². The average Bonchev–Trinajstić information content (AvgIpc) is 2.84. The Hall–Kier alpha value is -3.36. The fourth-order valence-corrected chi connectivity index (χ4v) is 4.08. The predicted molar refractivity (Wildman–Crippen MR) is 145 cm³/mol. The summed E-state index contributed by atoms with van der Waals surface area (Å²) in [4.78, 5) is 25.3. The number of halogens is 2. The van der Waals surface area contributed by atoms with E-state index in [0.29, 0.717) is 33.6 Å². The van der Waals surface area contributed by atoms with E-state index in [1.165, 1.54) is 6.08 Å². The second-order valence-electron chi connectivity index (χ2n) is 7.02. The van der Waals surface area contributed by atoms with E-state index in [1.54, 1.807) is 62.6 Å². The molecule has 0 unspecified atom stereocenters. The number of ether oxygens (including phenoxy) is 3. The highest BCUT2D eigenvalue weighted by Gasteiger charge is 2.18. The van der Waals surface area contributed by atoms with Crippen LogP contribution in [0.15, 0.2) is 70.7 Å². The highest BCUT2D eigenvalue weighted by Crippen LogP contribution is 2.38. The molecule has 0 bridgehead atoms. The van der Waals surface area contributed by atoms with E-state index in [1.807, 2.05) is 18.2 Å². The lowest BCUT2D eigenvalue weighted by atomic mass is 10.1. The lowest BCUT2D eigenvalue weighted by Gasteiger charge is -2.14. The van der Waals surface area contributed by atoms with Gasteiger partial charge in [0.1, 0.15) is 17.4 Å². The molecule has 0 spiro atoms. The van der Waals surface area contributed by atoms with Crippen molar-refractivity contribution in [3.63, 3.8) is 0 Å². The van der Waals surface area contributed by atoms with Crippen molar-refractivity contribution < 1.29 is 23.8 Å². The number of benzene rings is 3. The Morgan fingerprint density at radius 2 is 1.89 bits per heavy atom. The first-order valence-corrected chi connectivity index (χ1v) is 12.2. The number of nitrogens with zero attached hydrogens (tertiary/aromatic N) is 1. The van der Waals surface area contributed by atoms with Crippen LogP contribution >= 0.6 is 38.5 Å². The minimum atomic E-state index is -0.577. The number of methoxy groups -OCH3 is 1. The van der Waals surface area contributed by atoms with Crippen LogP contribution in [-0.4, -0.2) is 25.6 Å². The van der Waals surface area contributed by atoms with E-state index in [-0.39, 0.29) is 17.1 Å². The SMILES string of the molecule is CCOc1cc(/C=C(\C#N)C(=O)Nc2cccc(I)c2)cc(Br)c1OC(=O)c1ccc(OC)cc1. The zero-order chi connectivity index (χ0) is 25.4. The molecule has 3 aromatic rings. The standard InChI is InChI=1S/C26H20BrIN2O5/c1-3-34-23-13-16(11-18(15-29)25(31)30-20-6-4-5-19(28)14-20)12-22(27)24(23)35-26(32)17-7-9-21(33-2)10-8-17/h4-14H,3H2,1-2H3,(H,30,31)/b18-11+. The smallest absolute Gasteiger partial charge is 0.343 e. The maximum absolute atomic E-state index is 12.7. The maximum Gasteiger partial charge on any atom is 0.343 e. The lowest BCUT2D eigenvalue weighted by molar-refractivity contribution is -0.112. The van der Waals surface area contributed by atoms with Crippen molar-refractivity contribution in [1.29, 1.82) is 5.26 Å². The molecule has 178 valence electrons. The number of hydrogen-bond acceptors (Lipinski definition) is 6. The molecule has 3 rings (SSSR count). The average molecular weight is 647 g/mol. The van der Waals surface area contributed by atoms with Crippen LogP contribution in [0, 0.1) is 14.9 Å². The maximum atomic E-state index is 12.7. The van der Waals surface area contributed by atoms with Crippen molar-refractivity contribution in [1.82, 2.24) is 0 Å². The van der Waals surface area contributed by atoms with Gasteiger partial charge < -0.3 is 19.5 Å². The summed E-state index contributed by atoms with van der Waals surface area (Å²) in [6, 6.07) is 18.9. The molecule has 35 heavy (non-hydrogen) atoms. The van der Waals surface area contributed by atoms with Gasteiger partial charge in [0.2, 0.25) is 0 Å². The molecule has 0 aliphatic heterocycles. The molecule has 0 radical (unpaired) electrons. The zero-order valence-electron chi connectivity index (χ0n) is 18.8. The van der Waals surface area contributed by atoms with Crippen LogP contribution in [-0.2, 0) is 4.79 Å². The summed E-state index contributed by atoms with van der Waals surface area (Å²) in [5, 5.41) is 12.3. The van der Waals surface area contributed by atoms with Crippen LogP contribution in [0.3, 0.4) is 0 Å². The molecule has 0 saturated carbocycles. The van der Waals surface area contributed by atoms with Gasteiger partial charge in [-0.25, -0.2) is 4.79 Å². The van der Waals surface area contributed by atoms with Crippen molar-refractivity contribution in [2.45, 2.75) is 6.92 Å². The quantitative estimate of drug-likeness (QED) is 0.103. The third kappa shape index (κ3) is 7.07. The van der Waals surface area contributed by atoms with Gasteiger partial charge in [-0.1, -0.05) is 6.07 Å². The summed E-state index contributed by atoms with van der Waals surface area (Å²) in [6.45, 7) is 2.10. The van der Waals surface area contributed by atoms with Gasteiger partial charge >= 0.3 is 5.97 Å². The Balaban J connectivity index is 1.87. The number of anilines is 1. The largest absolute Gasteiger partial charge is 0.497 e. The van der Waals surface area contributed by atoms with Gasteiger partial charge in [-0.2, -0.15) is 5.26 Å². The van der Waals surface area contributed by atoms with Crippen molar-refractivity contribution in [3.05, 3.63) is 85.4 Å². The number of nitrogens with one attached hydrogen (secondary N) is 1. The number of amides is 1. The summed E-state index contributed by atoms with van der Waals surface area (Å²) >= 11 is 5.55. The van der Waals surface area contributed by atoms with Gasteiger partial charge in [0.15, 0.2) is 11.5 Å². The number of nitriles is 1. The molecule has 3 aromatic carbocycles. The fraction of sp³-hybridized carbons (Fsp3) is 0.115. The first kappa shape index (κ1) is 26.2. The molecule has 9 heteroatoms. The van der Waals surface area contributed by atoms with E-state index in [2.05, 4.69) is 43.8 Å². The van der Waals surface area contributed by atoms with Gasteiger partial charge in [0.05, 0.1) is 23.8 Å². The third-order valence-electron chi connectivity index (χ3n) is 4.61. The van der Waals surface area contributed by atoms with Gasteiger partial charge in [-0.15, -0.1) is 0 Å². The molecule has 0 fully saturated rings. The molecule has 7 nitrogen and oxygen atoms in total. The third-order valence-corrected chi connectivity index (χ3v) is 5.87. The van der Waals surface area contributed by atoms with Crippen LogP contribution in [0.5, 0.6) is 17.2 Å². The summed E-state index contributed by atoms with van der Waals surface area (Å²) in [6.07, 6.45) is 1.44. The van der Waals surface area contributed by atoms with Crippen molar-refractivity contribution in [2.24, 2.45) is 0 Å². The van der Waals surface area contributed by atoms with Crippen molar-refractivity contribution in [2.75, 3.05) is 19.0 Å². The van der Waals surface area contributed by atoms with Crippen LogP contribution in [0.4, 0.5) is 5.69 Å². The predicted octanol–water partition coefficient (Wildman–Crippen LogP) is 6.23. The molecule has 0 saturated heterocycles. The van der Waals surface area contributed by atoms with Crippen LogP contribution < -0.4 is 19.5 Å². The van der Waals surface area contributed by atoms with E-state index < -0.39 is 11.9 Å². The van der Waals surface area contributed by atoms with E-state index in [4.69, 9.17) is 14.2 Å². The summed E-state index contributed by atoms with van der Waals surface area (Å²) < 4.78 is 17.8. The van der Waals surface area contributed by atoms with Gasteiger partial charge in [0, 0.05) is 9.26 Å². The lowest BCUT2D eigenvalue weighted by Crippen LogP contribution is -2.13. The highest BCUT2D eigenvalue weighted by atomic mass is 127. The summed E-state index contributed by atoms with van der Waals surface area (Å²) in [5.74, 6) is -0.0316. The van der Waals surface area contributed by atoms with Gasteiger partial charge in [-0.3, -0.25) is 4.79 Å². The van der Waals surface area contributed by atoms with Gasteiger partial charge in [0.25, 0.3) is 5.91 Å². The molecule has 1 N–H and O–H groups in total.